The highest BCUT2D eigenvalue weighted by molar-refractivity contribution is 7.92. The Morgan fingerprint density at radius 3 is 2.48 bits per heavy atom. The number of benzene rings is 1. The Morgan fingerprint density at radius 1 is 1.15 bits per heavy atom. The smallest absolute Gasteiger partial charge is 0.263 e. The molecule has 27 heavy (non-hydrogen) atoms. The van der Waals surface area contributed by atoms with Gasteiger partial charge in [-0.15, -0.1) is 0 Å². The van der Waals surface area contributed by atoms with Crippen molar-refractivity contribution in [2.75, 3.05) is 16.6 Å². The molecule has 0 fully saturated rings. The summed E-state index contributed by atoms with van der Waals surface area (Å²) >= 11 is 0. The van der Waals surface area contributed by atoms with Crippen molar-refractivity contribution in [1.82, 2.24) is 15.1 Å². The Hall–Kier alpha value is -3.08. The zero-order chi connectivity index (χ0) is 19.4. The van der Waals surface area contributed by atoms with Crippen LogP contribution in [0.25, 0.3) is 0 Å². The van der Waals surface area contributed by atoms with E-state index in [1.807, 2.05) is 0 Å². The van der Waals surface area contributed by atoms with Gasteiger partial charge in [0.05, 0.1) is 5.69 Å². The molecule has 142 valence electrons. The van der Waals surface area contributed by atoms with Gasteiger partial charge in [0.15, 0.2) is 5.82 Å². The summed E-state index contributed by atoms with van der Waals surface area (Å²) in [6.45, 7) is 2.18. The summed E-state index contributed by atoms with van der Waals surface area (Å²) in [5.74, 6) is -0.306. The highest BCUT2D eigenvalue weighted by atomic mass is 32.2. The van der Waals surface area contributed by atoms with Gasteiger partial charge in [0.1, 0.15) is 22.3 Å². The van der Waals surface area contributed by atoms with Gasteiger partial charge in [0, 0.05) is 25.2 Å². The summed E-state index contributed by atoms with van der Waals surface area (Å²) < 4.78 is 58.1. The van der Waals surface area contributed by atoms with E-state index in [9.17, 15) is 17.2 Å². The van der Waals surface area contributed by atoms with Crippen molar-refractivity contribution < 1.29 is 21.7 Å². The van der Waals surface area contributed by atoms with Gasteiger partial charge >= 0.3 is 0 Å². The number of aromatic nitrogens is 3. The van der Waals surface area contributed by atoms with Crippen molar-refractivity contribution in [3.8, 4) is 0 Å². The average Bonchev–Trinajstić information content (AvgIpc) is 2.99. The normalized spacial score (nSPS) is 11.4. The topological polar surface area (TPSA) is 110 Å². The zero-order valence-electron chi connectivity index (χ0n) is 14.1. The fourth-order valence-corrected chi connectivity index (χ4v) is 3.19. The van der Waals surface area contributed by atoms with Crippen molar-refractivity contribution in [1.29, 1.82) is 0 Å². The number of pyridine rings is 1. The Balaban J connectivity index is 1.63. The van der Waals surface area contributed by atoms with Crippen LogP contribution in [0.1, 0.15) is 11.7 Å². The lowest BCUT2D eigenvalue weighted by Crippen LogP contribution is -2.14. The molecular weight excluding hydrogens is 380 g/mol. The number of anilines is 2. The second-order valence-electron chi connectivity index (χ2n) is 5.55. The lowest BCUT2D eigenvalue weighted by Gasteiger charge is -2.09. The second kappa shape index (κ2) is 7.66. The van der Waals surface area contributed by atoms with Crippen LogP contribution in [0.2, 0.25) is 0 Å². The molecule has 11 heteroatoms. The molecule has 0 aliphatic heterocycles. The van der Waals surface area contributed by atoms with Crippen LogP contribution in [0.5, 0.6) is 0 Å². The number of rotatable bonds is 7. The fraction of sp³-hybridized carbons (Fsp3) is 0.188. The predicted molar refractivity (Wildman–Crippen MR) is 92.6 cm³/mol. The number of nitrogens with one attached hydrogen (secondary N) is 2. The van der Waals surface area contributed by atoms with Crippen LogP contribution in [0.3, 0.4) is 0 Å². The third kappa shape index (κ3) is 4.97. The molecule has 3 rings (SSSR count). The molecule has 8 nitrogen and oxygen atoms in total. The van der Waals surface area contributed by atoms with Crippen LogP contribution >= 0.6 is 0 Å². The maximum Gasteiger partial charge on any atom is 0.263 e. The number of aryl methyl sites for hydroxylation is 1. The largest absolute Gasteiger partial charge is 0.370 e. The molecule has 0 spiro atoms. The summed E-state index contributed by atoms with van der Waals surface area (Å²) in [5.41, 5.74) is -0.218. The molecule has 3 aromatic rings. The molecule has 0 aliphatic carbocycles. The van der Waals surface area contributed by atoms with E-state index >= 15 is 0 Å². The van der Waals surface area contributed by atoms with E-state index in [1.165, 1.54) is 12.1 Å². The molecule has 1 aromatic carbocycles. The van der Waals surface area contributed by atoms with E-state index < -0.39 is 21.7 Å². The van der Waals surface area contributed by atoms with Gasteiger partial charge in [-0.25, -0.2) is 22.2 Å². The summed E-state index contributed by atoms with van der Waals surface area (Å²) in [6, 6.07) is 5.20. The van der Waals surface area contributed by atoms with E-state index in [2.05, 4.69) is 25.2 Å². The van der Waals surface area contributed by atoms with Gasteiger partial charge < -0.3 is 9.84 Å². The summed E-state index contributed by atoms with van der Waals surface area (Å²) in [5, 5.41) is 6.67. The van der Waals surface area contributed by atoms with Crippen LogP contribution in [-0.2, 0) is 16.4 Å². The van der Waals surface area contributed by atoms with Crippen molar-refractivity contribution in [3.63, 3.8) is 0 Å². The van der Waals surface area contributed by atoms with E-state index in [4.69, 9.17) is 4.52 Å². The summed E-state index contributed by atoms with van der Waals surface area (Å²) in [6.07, 6.45) is 1.62. The number of hydrogen-bond donors (Lipinski definition) is 2. The average molecular weight is 395 g/mol. The van der Waals surface area contributed by atoms with Crippen molar-refractivity contribution in [2.45, 2.75) is 18.2 Å². The van der Waals surface area contributed by atoms with Crippen molar-refractivity contribution in [3.05, 3.63) is 59.9 Å². The minimum atomic E-state index is -4.03. The third-order valence-corrected chi connectivity index (χ3v) is 4.74. The SMILES string of the molecule is Cc1noc(CCNc2ccc(S(=O)(=O)Nc3cc(F)cc(F)c3)cn2)n1. The first kappa shape index (κ1) is 18.7. The Bertz CT molecular complexity index is 1020. The molecule has 0 bridgehead atoms. The Morgan fingerprint density at radius 2 is 1.89 bits per heavy atom. The van der Waals surface area contributed by atoms with Crippen LogP contribution in [-0.4, -0.2) is 30.1 Å². The number of sulfonamides is 1. The van der Waals surface area contributed by atoms with Crippen LogP contribution in [0, 0.1) is 18.6 Å². The molecule has 0 saturated carbocycles. The lowest BCUT2D eigenvalue weighted by molar-refractivity contribution is 0.377. The van der Waals surface area contributed by atoms with E-state index in [0.717, 1.165) is 18.3 Å². The number of hydrogen-bond acceptors (Lipinski definition) is 7. The van der Waals surface area contributed by atoms with Gasteiger partial charge in [0.2, 0.25) is 5.89 Å². The van der Waals surface area contributed by atoms with E-state index in [-0.39, 0.29) is 10.6 Å². The van der Waals surface area contributed by atoms with Gasteiger partial charge in [-0.05, 0) is 31.2 Å². The highest BCUT2D eigenvalue weighted by Crippen LogP contribution is 2.18. The van der Waals surface area contributed by atoms with Gasteiger partial charge in [-0.2, -0.15) is 4.98 Å². The van der Waals surface area contributed by atoms with Crippen LogP contribution < -0.4 is 10.0 Å². The minimum Gasteiger partial charge on any atom is -0.370 e. The monoisotopic (exact) mass is 395 g/mol. The van der Waals surface area contributed by atoms with Gasteiger partial charge in [-0.3, -0.25) is 4.72 Å². The first-order valence-electron chi connectivity index (χ1n) is 7.80. The zero-order valence-corrected chi connectivity index (χ0v) is 14.9. The predicted octanol–water partition coefficient (Wildman–Crippen LogP) is 2.51. The standard InChI is InChI=1S/C16H15F2N5O3S/c1-10-21-16(26-22-10)4-5-19-15-3-2-14(9-20-15)27(24,25)23-13-7-11(17)6-12(18)8-13/h2-3,6-9,23H,4-5H2,1H3,(H,19,20). The lowest BCUT2D eigenvalue weighted by atomic mass is 10.3. The van der Waals surface area contributed by atoms with Crippen molar-refractivity contribution in [2.24, 2.45) is 0 Å². The summed E-state index contributed by atoms with van der Waals surface area (Å²) in [4.78, 5) is 7.93. The van der Waals surface area contributed by atoms with Gasteiger partial charge in [-0.1, -0.05) is 5.16 Å². The molecule has 2 aromatic heterocycles. The van der Waals surface area contributed by atoms with E-state index in [0.29, 0.717) is 36.6 Å². The molecule has 0 radical (unpaired) electrons. The molecule has 0 atom stereocenters. The molecule has 0 aliphatic rings. The van der Waals surface area contributed by atoms with Gasteiger partial charge in [0.25, 0.3) is 10.0 Å². The first-order valence-corrected chi connectivity index (χ1v) is 9.28. The molecular formula is C16H15F2N5O3S. The molecule has 2 N–H and O–H groups in total. The van der Waals surface area contributed by atoms with Crippen molar-refractivity contribution >= 4 is 21.5 Å². The Kier molecular flexibility index (Phi) is 5.31. The summed E-state index contributed by atoms with van der Waals surface area (Å²) in [7, 11) is -4.03. The maximum absolute atomic E-state index is 13.2. The minimum absolute atomic E-state index is 0.148. The Labute approximate surface area is 153 Å². The maximum atomic E-state index is 13.2. The number of nitrogens with zero attached hydrogens (tertiary/aromatic N) is 3. The number of halogens is 2. The molecule has 2 heterocycles. The molecule has 0 amide bonds. The highest BCUT2D eigenvalue weighted by Gasteiger charge is 2.16. The van der Waals surface area contributed by atoms with E-state index in [1.54, 1.807) is 6.92 Å². The van der Waals surface area contributed by atoms with Crippen LogP contribution in [0.15, 0.2) is 45.9 Å². The quantitative estimate of drug-likeness (QED) is 0.632. The molecule has 0 saturated heterocycles. The van der Waals surface area contributed by atoms with Crippen LogP contribution in [0.4, 0.5) is 20.3 Å². The first-order chi connectivity index (χ1) is 12.8. The second-order valence-corrected chi connectivity index (χ2v) is 7.24. The molecule has 0 unspecified atom stereocenters. The fourth-order valence-electron chi connectivity index (χ4n) is 2.21. The third-order valence-electron chi connectivity index (χ3n) is 3.38.